The summed E-state index contributed by atoms with van der Waals surface area (Å²) in [5.74, 6) is 1.77. The zero-order valence-electron chi connectivity index (χ0n) is 19.0. The van der Waals surface area contributed by atoms with E-state index in [1.165, 1.54) is 0 Å². The topological polar surface area (TPSA) is 51.2 Å². The van der Waals surface area contributed by atoms with Crippen molar-refractivity contribution in [3.8, 4) is 17.2 Å². The number of ether oxygens (including phenoxy) is 3. The van der Waals surface area contributed by atoms with Crippen molar-refractivity contribution >= 4 is 29.1 Å². The molecule has 1 aliphatic heterocycles. The van der Waals surface area contributed by atoms with Crippen LogP contribution >= 0.6 is 23.2 Å². The molecule has 8 heteroatoms. The highest BCUT2D eigenvalue weighted by Gasteiger charge is 2.28. The molecule has 0 aliphatic carbocycles. The number of halogens is 2. The van der Waals surface area contributed by atoms with Gasteiger partial charge < -0.3 is 19.1 Å². The standard InChI is InChI=1S/C24H30Cl2N2O4/c1-27(13-16-10-21(30-2)23(32-4)22(11-16)31-3)24(29)18-6-5-9-28(15-18)14-17-7-8-19(25)12-20(17)26/h7-8,10-12,18H,5-6,9,13-15H2,1-4H3/t18-/m1/s1. The Bertz CT molecular complexity index is 929. The van der Waals surface area contributed by atoms with Gasteiger partial charge in [-0.05, 0) is 54.8 Å². The molecule has 1 saturated heterocycles. The predicted octanol–water partition coefficient (Wildman–Crippen LogP) is 4.89. The van der Waals surface area contributed by atoms with Crippen molar-refractivity contribution in [1.29, 1.82) is 0 Å². The van der Waals surface area contributed by atoms with Crippen LogP contribution < -0.4 is 14.2 Å². The lowest BCUT2D eigenvalue weighted by molar-refractivity contribution is -0.136. The van der Waals surface area contributed by atoms with Crippen molar-refractivity contribution in [1.82, 2.24) is 9.80 Å². The molecule has 1 heterocycles. The SMILES string of the molecule is COc1cc(CN(C)C(=O)[C@@H]2CCCN(Cc3ccc(Cl)cc3Cl)C2)cc(OC)c1OC. The van der Waals surface area contributed by atoms with Gasteiger partial charge in [0.15, 0.2) is 11.5 Å². The molecule has 1 amide bonds. The lowest BCUT2D eigenvalue weighted by Crippen LogP contribution is -2.43. The lowest BCUT2D eigenvalue weighted by atomic mass is 9.96. The molecule has 0 saturated carbocycles. The largest absolute Gasteiger partial charge is 0.493 e. The fourth-order valence-corrected chi connectivity index (χ4v) is 4.65. The van der Waals surface area contributed by atoms with E-state index in [9.17, 15) is 4.79 Å². The van der Waals surface area contributed by atoms with Gasteiger partial charge in [-0.25, -0.2) is 0 Å². The third kappa shape index (κ3) is 5.80. The van der Waals surface area contributed by atoms with Gasteiger partial charge >= 0.3 is 0 Å². The number of methoxy groups -OCH3 is 3. The number of carbonyl (C=O) groups is 1. The second-order valence-electron chi connectivity index (χ2n) is 8.04. The Kier molecular flexibility index (Phi) is 8.51. The number of benzene rings is 2. The summed E-state index contributed by atoms with van der Waals surface area (Å²) in [5, 5.41) is 1.28. The number of carbonyl (C=O) groups excluding carboxylic acids is 1. The van der Waals surface area contributed by atoms with E-state index in [4.69, 9.17) is 37.4 Å². The van der Waals surface area contributed by atoms with E-state index >= 15 is 0 Å². The minimum Gasteiger partial charge on any atom is -0.493 e. The Morgan fingerprint density at radius 3 is 2.38 bits per heavy atom. The van der Waals surface area contributed by atoms with Crippen molar-refractivity contribution in [2.45, 2.75) is 25.9 Å². The van der Waals surface area contributed by atoms with E-state index in [0.717, 1.165) is 30.5 Å². The van der Waals surface area contributed by atoms with Crippen LogP contribution in [-0.4, -0.2) is 57.2 Å². The van der Waals surface area contributed by atoms with Crippen LogP contribution in [0, 0.1) is 5.92 Å². The fraction of sp³-hybridized carbons (Fsp3) is 0.458. The summed E-state index contributed by atoms with van der Waals surface area (Å²) in [4.78, 5) is 17.3. The number of nitrogens with zero attached hydrogens (tertiary/aromatic N) is 2. The van der Waals surface area contributed by atoms with E-state index in [1.807, 2.05) is 31.3 Å². The Balaban J connectivity index is 1.66. The molecule has 2 aromatic rings. The molecule has 0 bridgehead atoms. The van der Waals surface area contributed by atoms with Crippen LogP contribution in [0.3, 0.4) is 0 Å². The Morgan fingerprint density at radius 2 is 1.78 bits per heavy atom. The first kappa shape index (κ1) is 24.5. The zero-order valence-corrected chi connectivity index (χ0v) is 20.5. The highest BCUT2D eigenvalue weighted by Crippen LogP contribution is 2.38. The minimum atomic E-state index is -0.0538. The van der Waals surface area contributed by atoms with E-state index in [-0.39, 0.29) is 11.8 Å². The average Bonchev–Trinajstić information content (AvgIpc) is 2.79. The zero-order chi connectivity index (χ0) is 23.3. The van der Waals surface area contributed by atoms with Gasteiger partial charge in [0.25, 0.3) is 0 Å². The van der Waals surface area contributed by atoms with E-state index in [0.29, 0.717) is 46.9 Å². The summed E-state index contributed by atoms with van der Waals surface area (Å²) in [6, 6.07) is 9.31. The average molecular weight is 481 g/mol. The van der Waals surface area contributed by atoms with Crippen LogP contribution in [0.1, 0.15) is 24.0 Å². The molecule has 0 spiro atoms. The van der Waals surface area contributed by atoms with Crippen molar-refractivity contribution in [2.24, 2.45) is 5.92 Å². The van der Waals surface area contributed by atoms with Crippen LogP contribution in [0.2, 0.25) is 10.0 Å². The van der Waals surface area contributed by atoms with Crippen molar-refractivity contribution in [3.63, 3.8) is 0 Å². The summed E-state index contributed by atoms with van der Waals surface area (Å²) < 4.78 is 16.2. The molecular formula is C24H30Cl2N2O4. The maximum atomic E-state index is 13.2. The highest BCUT2D eigenvalue weighted by molar-refractivity contribution is 6.35. The van der Waals surface area contributed by atoms with Crippen LogP contribution in [0.4, 0.5) is 0 Å². The quantitative estimate of drug-likeness (QED) is 0.538. The third-order valence-corrected chi connectivity index (χ3v) is 6.37. The first-order chi connectivity index (χ1) is 15.4. The molecule has 0 aromatic heterocycles. The first-order valence-electron chi connectivity index (χ1n) is 10.6. The van der Waals surface area contributed by atoms with Gasteiger partial charge in [0.1, 0.15) is 0 Å². The van der Waals surface area contributed by atoms with Crippen molar-refractivity contribution < 1.29 is 19.0 Å². The van der Waals surface area contributed by atoms with Crippen LogP contribution in [-0.2, 0) is 17.9 Å². The fourth-order valence-electron chi connectivity index (χ4n) is 4.18. The molecule has 1 fully saturated rings. The van der Waals surface area contributed by atoms with E-state index < -0.39 is 0 Å². The van der Waals surface area contributed by atoms with Gasteiger partial charge in [-0.1, -0.05) is 29.3 Å². The molecule has 0 unspecified atom stereocenters. The number of hydrogen-bond donors (Lipinski definition) is 0. The Morgan fingerprint density at radius 1 is 1.09 bits per heavy atom. The highest BCUT2D eigenvalue weighted by atomic mass is 35.5. The molecule has 0 N–H and O–H groups in total. The lowest BCUT2D eigenvalue weighted by Gasteiger charge is -2.34. The molecule has 174 valence electrons. The molecule has 0 radical (unpaired) electrons. The molecule has 32 heavy (non-hydrogen) atoms. The van der Waals surface area contributed by atoms with Crippen LogP contribution in [0.5, 0.6) is 17.2 Å². The second kappa shape index (κ2) is 11.1. The summed E-state index contributed by atoms with van der Waals surface area (Å²) >= 11 is 12.4. The van der Waals surface area contributed by atoms with Crippen LogP contribution in [0.15, 0.2) is 30.3 Å². The van der Waals surface area contributed by atoms with Gasteiger partial charge in [-0.2, -0.15) is 0 Å². The molecule has 6 nitrogen and oxygen atoms in total. The van der Waals surface area contributed by atoms with Gasteiger partial charge in [-0.15, -0.1) is 0 Å². The Labute approximate surface area is 199 Å². The number of likely N-dealkylation sites (tertiary alicyclic amines) is 1. The predicted molar refractivity (Wildman–Crippen MR) is 127 cm³/mol. The van der Waals surface area contributed by atoms with Crippen molar-refractivity contribution in [3.05, 3.63) is 51.5 Å². The number of rotatable bonds is 8. The normalized spacial score (nSPS) is 16.5. The van der Waals surface area contributed by atoms with Gasteiger partial charge in [-0.3, -0.25) is 9.69 Å². The smallest absolute Gasteiger partial charge is 0.227 e. The maximum Gasteiger partial charge on any atom is 0.227 e. The molecule has 1 atom stereocenters. The summed E-state index contributed by atoms with van der Waals surface area (Å²) in [7, 11) is 6.57. The van der Waals surface area contributed by atoms with Gasteiger partial charge in [0.05, 0.1) is 27.2 Å². The van der Waals surface area contributed by atoms with Gasteiger partial charge in [0.2, 0.25) is 11.7 Å². The molecule has 1 aliphatic rings. The van der Waals surface area contributed by atoms with E-state index in [1.54, 1.807) is 32.3 Å². The summed E-state index contributed by atoms with van der Waals surface area (Å²) in [6.07, 6.45) is 1.85. The molecule has 2 aromatic carbocycles. The number of hydrogen-bond acceptors (Lipinski definition) is 5. The maximum absolute atomic E-state index is 13.2. The van der Waals surface area contributed by atoms with E-state index in [2.05, 4.69) is 4.90 Å². The first-order valence-corrected chi connectivity index (χ1v) is 11.3. The number of piperidine rings is 1. The summed E-state index contributed by atoms with van der Waals surface area (Å²) in [5.41, 5.74) is 1.94. The number of amides is 1. The van der Waals surface area contributed by atoms with Crippen LogP contribution in [0.25, 0.3) is 0 Å². The molecule has 3 rings (SSSR count). The van der Waals surface area contributed by atoms with Gasteiger partial charge in [0, 0.05) is 36.7 Å². The minimum absolute atomic E-state index is 0.0538. The third-order valence-electron chi connectivity index (χ3n) is 5.78. The second-order valence-corrected chi connectivity index (χ2v) is 8.88. The molecular weight excluding hydrogens is 451 g/mol. The van der Waals surface area contributed by atoms with Crippen molar-refractivity contribution in [2.75, 3.05) is 41.5 Å². The Hall–Kier alpha value is -2.15. The summed E-state index contributed by atoms with van der Waals surface area (Å²) in [6.45, 7) is 2.81. The monoisotopic (exact) mass is 480 g/mol.